The van der Waals surface area contributed by atoms with Gasteiger partial charge in [-0.2, -0.15) is 0 Å². The fourth-order valence-electron chi connectivity index (χ4n) is 1.56. The van der Waals surface area contributed by atoms with E-state index >= 15 is 0 Å². The first-order chi connectivity index (χ1) is 9.60. The molecule has 2 rings (SSSR count). The Morgan fingerprint density at radius 1 is 1.25 bits per heavy atom. The molecule has 5 heteroatoms. The first kappa shape index (κ1) is 15.9. The molecule has 0 saturated heterocycles. The van der Waals surface area contributed by atoms with E-state index in [0.717, 1.165) is 14.3 Å². The van der Waals surface area contributed by atoms with Crippen LogP contribution < -0.4 is 0 Å². The summed E-state index contributed by atoms with van der Waals surface area (Å²) in [5, 5.41) is 0. The second-order valence-corrected chi connectivity index (χ2v) is 7.14. The topological polar surface area (TPSA) is 26.3 Å². The van der Waals surface area contributed by atoms with Crippen LogP contribution in [0.3, 0.4) is 0 Å². The largest absolute Gasteiger partial charge is 0.462 e. The van der Waals surface area contributed by atoms with Gasteiger partial charge in [-0.05, 0) is 87.9 Å². The fraction of sp³-hybridized carbons (Fsp3) is 0.133. The van der Waals surface area contributed by atoms with Crippen LogP contribution in [0.25, 0.3) is 0 Å². The summed E-state index contributed by atoms with van der Waals surface area (Å²) in [7, 11) is 0. The maximum absolute atomic E-state index is 11.6. The predicted octanol–water partition coefficient (Wildman–Crippen LogP) is 5.38. The van der Waals surface area contributed by atoms with Gasteiger partial charge in [0.15, 0.2) is 0 Å². The van der Waals surface area contributed by atoms with Crippen molar-refractivity contribution in [2.24, 2.45) is 0 Å². The summed E-state index contributed by atoms with van der Waals surface area (Å²) in [6.45, 7) is 2.20. The molecule has 0 saturated carbocycles. The number of hydrogen-bond donors (Lipinski definition) is 0. The molecule has 0 spiro atoms. The van der Waals surface area contributed by atoms with Crippen LogP contribution in [0.2, 0.25) is 0 Å². The Kier molecular flexibility index (Phi) is 5.92. The lowest BCUT2D eigenvalue weighted by Crippen LogP contribution is -2.03. The number of hydrogen-bond acceptors (Lipinski definition) is 3. The zero-order valence-electron chi connectivity index (χ0n) is 10.7. The summed E-state index contributed by atoms with van der Waals surface area (Å²) in [4.78, 5) is 13.8. The van der Waals surface area contributed by atoms with Crippen LogP contribution in [0.1, 0.15) is 17.3 Å². The smallest absolute Gasteiger partial charge is 0.338 e. The van der Waals surface area contributed by atoms with Crippen LogP contribution in [-0.4, -0.2) is 12.6 Å². The molecule has 0 amide bonds. The van der Waals surface area contributed by atoms with Crippen molar-refractivity contribution in [3.05, 3.63) is 56.1 Å². The Balaban J connectivity index is 2.12. The molecule has 0 aliphatic heterocycles. The Labute approximate surface area is 144 Å². The minimum Gasteiger partial charge on any atom is -0.462 e. The molecule has 2 nitrogen and oxygen atoms in total. The van der Waals surface area contributed by atoms with Crippen molar-refractivity contribution in [3.63, 3.8) is 0 Å². The molecular weight excluding hydrogens is 451 g/mol. The molecule has 2 aromatic rings. The van der Waals surface area contributed by atoms with Gasteiger partial charge in [-0.15, -0.1) is 0 Å². The lowest BCUT2D eigenvalue weighted by Gasteiger charge is -2.06. The third kappa shape index (κ3) is 4.23. The van der Waals surface area contributed by atoms with E-state index < -0.39 is 0 Å². The number of carbonyl (C=O) groups excluding carboxylic acids is 1. The average Bonchev–Trinajstić information content (AvgIpc) is 2.43. The maximum atomic E-state index is 11.6. The van der Waals surface area contributed by atoms with Crippen molar-refractivity contribution >= 4 is 56.3 Å². The Morgan fingerprint density at radius 3 is 2.55 bits per heavy atom. The van der Waals surface area contributed by atoms with Gasteiger partial charge in [0.1, 0.15) is 0 Å². The SMILES string of the molecule is CCOC(=O)c1ccc(Sc2ccc(I)cc2Br)cc1. The highest BCUT2D eigenvalue weighted by molar-refractivity contribution is 14.1. The molecule has 0 heterocycles. The highest BCUT2D eigenvalue weighted by atomic mass is 127. The molecule has 0 fully saturated rings. The van der Waals surface area contributed by atoms with E-state index in [4.69, 9.17) is 4.74 Å². The van der Waals surface area contributed by atoms with Crippen LogP contribution in [0.15, 0.2) is 56.7 Å². The summed E-state index contributed by atoms with van der Waals surface area (Å²) < 4.78 is 7.23. The number of halogens is 2. The van der Waals surface area contributed by atoms with E-state index in [1.807, 2.05) is 12.1 Å². The van der Waals surface area contributed by atoms with Crippen molar-refractivity contribution in [1.82, 2.24) is 0 Å². The van der Waals surface area contributed by atoms with Crippen molar-refractivity contribution in [3.8, 4) is 0 Å². The molecular formula is C15H12BrIO2S. The molecule has 0 aliphatic carbocycles. The van der Waals surface area contributed by atoms with Crippen LogP contribution >= 0.6 is 50.3 Å². The molecule has 2 aromatic carbocycles. The highest BCUT2D eigenvalue weighted by Crippen LogP contribution is 2.34. The van der Waals surface area contributed by atoms with Gasteiger partial charge < -0.3 is 4.74 Å². The molecule has 0 aliphatic rings. The number of esters is 1. The zero-order chi connectivity index (χ0) is 14.5. The summed E-state index contributed by atoms with van der Waals surface area (Å²) in [5.41, 5.74) is 0.581. The molecule has 0 atom stereocenters. The van der Waals surface area contributed by atoms with Crippen LogP contribution in [0.5, 0.6) is 0 Å². The minimum absolute atomic E-state index is 0.278. The number of carbonyl (C=O) groups is 1. The first-order valence-corrected chi connectivity index (χ1v) is 8.69. The quantitative estimate of drug-likeness (QED) is 0.450. The Bertz CT molecular complexity index is 614. The van der Waals surface area contributed by atoms with E-state index in [2.05, 4.69) is 56.7 Å². The zero-order valence-corrected chi connectivity index (χ0v) is 15.3. The molecule has 0 unspecified atom stereocenters. The van der Waals surface area contributed by atoms with Crippen LogP contribution in [-0.2, 0) is 4.74 Å². The summed E-state index contributed by atoms with van der Waals surface area (Å²) >= 11 is 7.50. The van der Waals surface area contributed by atoms with E-state index in [9.17, 15) is 4.79 Å². The van der Waals surface area contributed by atoms with Gasteiger partial charge >= 0.3 is 5.97 Å². The van der Waals surface area contributed by atoms with Crippen molar-refractivity contribution in [2.75, 3.05) is 6.61 Å². The molecule has 0 bridgehead atoms. The lowest BCUT2D eigenvalue weighted by atomic mass is 10.2. The molecule has 0 radical (unpaired) electrons. The highest BCUT2D eigenvalue weighted by Gasteiger charge is 2.07. The maximum Gasteiger partial charge on any atom is 0.338 e. The minimum atomic E-state index is -0.278. The molecule has 20 heavy (non-hydrogen) atoms. The van der Waals surface area contributed by atoms with Gasteiger partial charge in [-0.25, -0.2) is 4.79 Å². The van der Waals surface area contributed by atoms with E-state index in [1.54, 1.807) is 30.8 Å². The second-order valence-electron chi connectivity index (χ2n) is 3.92. The summed E-state index contributed by atoms with van der Waals surface area (Å²) in [6.07, 6.45) is 0. The van der Waals surface area contributed by atoms with Gasteiger partial charge in [0.2, 0.25) is 0 Å². The first-order valence-electron chi connectivity index (χ1n) is 6.00. The summed E-state index contributed by atoms with van der Waals surface area (Å²) in [6, 6.07) is 13.7. The van der Waals surface area contributed by atoms with Gasteiger partial charge in [0.25, 0.3) is 0 Å². The average molecular weight is 463 g/mol. The van der Waals surface area contributed by atoms with Crippen molar-refractivity contribution in [2.45, 2.75) is 16.7 Å². The van der Waals surface area contributed by atoms with Gasteiger partial charge in [0.05, 0.1) is 12.2 Å². The third-order valence-electron chi connectivity index (χ3n) is 2.49. The second kappa shape index (κ2) is 7.47. The van der Waals surface area contributed by atoms with Crippen molar-refractivity contribution < 1.29 is 9.53 Å². The Morgan fingerprint density at radius 2 is 1.95 bits per heavy atom. The summed E-state index contributed by atoms with van der Waals surface area (Å²) in [5.74, 6) is -0.278. The van der Waals surface area contributed by atoms with E-state index in [0.29, 0.717) is 12.2 Å². The van der Waals surface area contributed by atoms with Gasteiger partial charge in [-0.1, -0.05) is 11.8 Å². The third-order valence-corrected chi connectivity index (χ3v) is 5.16. The number of benzene rings is 2. The van der Waals surface area contributed by atoms with E-state index in [-0.39, 0.29) is 5.97 Å². The monoisotopic (exact) mass is 462 g/mol. The lowest BCUT2D eigenvalue weighted by molar-refractivity contribution is 0.0526. The van der Waals surface area contributed by atoms with Gasteiger partial charge in [0, 0.05) is 17.8 Å². The van der Waals surface area contributed by atoms with Crippen molar-refractivity contribution in [1.29, 1.82) is 0 Å². The standard InChI is InChI=1S/C15H12BrIO2S/c1-2-19-15(18)10-3-6-12(7-4-10)20-14-8-5-11(17)9-13(14)16/h3-9H,2H2,1H3. The Hall–Kier alpha value is -0.530. The molecule has 104 valence electrons. The number of rotatable bonds is 4. The van der Waals surface area contributed by atoms with E-state index in [1.165, 1.54) is 3.57 Å². The van der Waals surface area contributed by atoms with Crippen LogP contribution in [0.4, 0.5) is 0 Å². The predicted molar refractivity (Wildman–Crippen MR) is 93.4 cm³/mol. The molecule has 0 aromatic heterocycles. The molecule has 0 N–H and O–H groups in total. The normalized spacial score (nSPS) is 10.3. The van der Waals surface area contributed by atoms with Crippen LogP contribution in [0, 0.1) is 3.57 Å². The number of ether oxygens (including phenoxy) is 1. The van der Waals surface area contributed by atoms with Gasteiger partial charge in [-0.3, -0.25) is 0 Å². The fourth-order valence-corrected chi connectivity index (χ4v) is 3.92.